The molecule has 64 valence electrons. The molecule has 4 heteroatoms. The van der Waals surface area contributed by atoms with Crippen molar-refractivity contribution < 1.29 is 9.60 Å². The van der Waals surface area contributed by atoms with Gasteiger partial charge in [0.15, 0.2) is 0 Å². The van der Waals surface area contributed by atoms with Crippen LogP contribution in [0.5, 0.6) is 0 Å². The monoisotopic (exact) mass is 160 g/mol. The first-order valence-corrected chi connectivity index (χ1v) is 3.68. The molecular weight excluding hydrogens is 149 g/mol. The standard InChI is InChI=1S/C7H11FNO2/c8-7-3-1-2-6(4-7)5-9(10)11/h4,6,10H,1-3,5H2/q-1. The third-order valence-corrected chi connectivity index (χ3v) is 1.80. The highest BCUT2D eigenvalue weighted by Crippen LogP contribution is 2.23. The van der Waals surface area contributed by atoms with E-state index in [1.165, 1.54) is 6.08 Å². The first-order chi connectivity index (χ1) is 5.18. The van der Waals surface area contributed by atoms with Gasteiger partial charge in [-0.3, -0.25) is 5.23 Å². The van der Waals surface area contributed by atoms with Crippen molar-refractivity contribution in [3.8, 4) is 0 Å². The van der Waals surface area contributed by atoms with Crippen molar-refractivity contribution in [3.05, 3.63) is 17.1 Å². The topological polar surface area (TPSA) is 46.5 Å². The number of halogens is 1. The lowest BCUT2D eigenvalue weighted by atomic mass is 9.95. The Kier molecular flexibility index (Phi) is 2.99. The number of allylic oxidation sites excluding steroid dienone is 1. The Hall–Kier alpha value is -0.450. The van der Waals surface area contributed by atoms with Crippen molar-refractivity contribution in [3.63, 3.8) is 0 Å². The molecule has 0 fully saturated rings. The maximum atomic E-state index is 12.5. The van der Waals surface area contributed by atoms with E-state index in [0.717, 1.165) is 12.8 Å². The summed E-state index contributed by atoms with van der Waals surface area (Å²) in [6.45, 7) is -0.0204. The average molecular weight is 160 g/mol. The zero-order valence-electron chi connectivity index (χ0n) is 6.16. The Balaban J connectivity index is 2.39. The van der Waals surface area contributed by atoms with Gasteiger partial charge in [-0.15, -0.1) is 0 Å². The minimum Gasteiger partial charge on any atom is -0.762 e. The molecule has 0 radical (unpaired) electrons. The summed E-state index contributed by atoms with van der Waals surface area (Å²) < 4.78 is 12.5. The van der Waals surface area contributed by atoms with E-state index in [4.69, 9.17) is 5.21 Å². The number of hydrogen-bond donors (Lipinski definition) is 1. The molecule has 0 bridgehead atoms. The average Bonchev–Trinajstić information content (AvgIpc) is 1.85. The van der Waals surface area contributed by atoms with Crippen LogP contribution < -0.4 is 0 Å². The SMILES string of the molecule is [O-]N(O)CC1C=C(F)CCC1. The second-order valence-electron chi connectivity index (χ2n) is 2.80. The quantitative estimate of drug-likeness (QED) is 0.627. The molecule has 1 rings (SSSR count). The maximum absolute atomic E-state index is 12.5. The molecule has 0 amide bonds. The van der Waals surface area contributed by atoms with E-state index in [-0.39, 0.29) is 23.5 Å². The van der Waals surface area contributed by atoms with Crippen LogP contribution in [0, 0.1) is 11.1 Å². The zero-order valence-corrected chi connectivity index (χ0v) is 6.16. The van der Waals surface area contributed by atoms with Gasteiger partial charge in [-0.2, -0.15) is 0 Å². The summed E-state index contributed by atoms with van der Waals surface area (Å²) in [5.41, 5.74) is 0. The molecule has 0 aromatic rings. The third kappa shape index (κ3) is 2.96. The van der Waals surface area contributed by atoms with E-state index in [9.17, 15) is 9.60 Å². The molecule has 1 N–H and O–H groups in total. The summed E-state index contributed by atoms with van der Waals surface area (Å²) in [5, 5.41) is 18.3. The minimum absolute atomic E-state index is 0.0204. The molecule has 0 aromatic carbocycles. The summed E-state index contributed by atoms with van der Waals surface area (Å²) >= 11 is 0. The maximum Gasteiger partial charge on any atom is 0.0963 e. The lowest BCUT2D eigenvalue weighted by Crippen LogP contribution is -2.21. The van der Waals surface area contributed by atoms with E-state index in [1.807, 2.05) is 0 Å². The number of hydrogen-bond acceptors (Lipinski definition) is 3. The Morgan fingerprint density at radius 1 is 1.82 bits per heavy atom. The Bertz CT molecular complexity index is 159. The van der Waals surface area contributed by atoms with Crippen molar-refractivity contribution in [2.75, 3.05) is 6.54 Å². The van der Waals surface area contributed by atoms with Gasteiger partial charge in [0.2, 0.25) is 0 Å². The van der Waals surface area contributed by atoms with Gasteiger partial charge in [0.1, 0.15) is 0 Å². The molecule has 1 unspecified atom stereocenters. The second-order valence-corrected chi connectivity index (χ2v) is 2.80. The fourth-order valence-corrected chi connectivity index (χ4v) is 1.30. The lowest BCUT2D eigenvalue weighted by Gasteiger charge is -2.25. The van der Waals surface area contributed by atoms with Crippen LogP contribution in [0.25, 0.3) is 0 Å². The van der Waals surface area contributed by atoms with Crippen molar-refractivity contribution in [2.24, 2.45) is 5.92 Å². The van der Waals surface area contributed by atoms with E-state index >= 15 is 0 Å². The van der Waals surface area contributed by atoms with Crippen LogP contribution in [0.15, 0.2) is 11.9 Å². The summed E-state index contributed by atoms with van der Waals surface area (Å²) in [4.78, 5) is 0. The van der Waals surface area contributed by atoms with Gasteiger partial charge in [-0.05, 0) is 31.3 Å². The molecule has 0 heterocycles. The molecule has 1 aliphatic carbocycles. The van der Waals surface area contributed by atoms with Crippen molar-refractivity contribution in [1.29, 1.82) is 0 Å². The molecule has 1 aliphatic rings. The van der Waals surface area contributed by atoms with Crippen LogP contribution in [0.4, 0.5) is 4.39 Å². The van der Waals surface area contributed by atoms with Crippen LogP contribution in [0.1, 0.15) is 19.3 Å². The summed E-state index contributed by atoms with van der Waals surface area (Å²) in [6, 6.07) is 0. The smallest absolute Gasteiger partial charge is 0.0963 e. The van der Waals surface area contributed by atoms with Crippen LogP contribution in [-0.4, -0.2) is 17.0 Å². The van der Waals surface area contributed by atoms with Crippen LogP contribution in [0.3, 0.4) is 0 Å². The van der Waals surface area contributed by atoms with Gasteiger partial charge < -0.3 is 10.4 Å². The number of rotatable bonds is 2. The first-order valence-electron chi connectivity index (χ1n) is 3.68. The molecule has 0 aromatic heterocycles. The van der Waals surface area contributed by atoms with Gasteiger partial charge in [-0.25, -0.2) is 4.39 Å². The van der Waals surface area contributed by atoms with E-state index in [2.05, 4.69) is 0 Å². The molecule has 3 nitrogen and oxygen atoms in total. The van der Waals surface area contributed by atoms with Gasteiger partial charge in [-0.1, -0.05) is 0 Å². The fourth-order valence-electron chi connectivity index (χ4n) is 1.30. The highest BCUT2D eigenvalue weighted by atomic mass is 19.1. The van der Waals surface area contributed by atoms with Crippen molar-refractivity contribution in [1.82, 2.24) is 5.23 Å². The van der Waals surface area contributed by atoms with E-state index in [1.54, 1.807) is 0 Å². The van der Waals surface area contributed by atoms with Crippen LogP contribution in [-0.2, 0) is 0 Å². The number of nitrogens with zero attached hydrogens (tertiary/aromatic N) is 1. The number of hydroxylamine groups is 2. The Morgan fingerprint density at radius 2 is 2.55 bits per heavy atom. The normalized spacial score (nSPS) is 25.5. The molecule has 0 aliphatic heterocycles. The van der Waals surface area contributed by atoms with Crippen LogP contribution in [0.2, 0.25) is 0 Å². The molecule has 0 saturated carbocycles. The second kappa shape index (κ2) is 3.80. The van der Waals surface area contributed by atoms with Gasteiger partial charge in [0.05, 0.1) is 5.83 Å². The van der Waals surface area contributed by atoms with Crippen LogP contribution >= 0.6 is 0 Å². The molecule has 0 saturated heterocycles. The summed E-state index contributed by atoms with van der Waals surface area (Å²) in [7, 11) is 0. The molecule has 1 atom stereocenters. The predicted molar refractivity (Wildman–Crippen MR) is 38.4 cm³/mol. The zero-order chi connectivity index (χ0) is 8.27. The van der Waals surface area contributed by atoms with Crippen molar-refractivity contribution >= 4 is 0 Å². The van der Waals surface area contributed by atoms with Gasteiger partial charge in [0, 0.05) is 6.54 Å². The predicted octanol–water partition coefficient (Wildman–Crippen LogP) is 1.83. The molecule has 11 heavy (non-hydrogen) atoms. The largest absolute Gasteiger partial charge is 0.762 e. The summed E-state index contributed by atoms with van der Waals surface area (Å²) in [5.74, 6) is -0.283. The summed E-state index contributed by atoms with van der Waals surface area (Å²) in [6.07, 6.45) is 3.44. The van der Waals surface area contributed by atoms with E-state index in [0.29, 0.717) is 6.42 Å². The van der Waals surface area contributed by atoms with Gasteiger partial charge >= 0.3 is 0 Å². The molecule has 0 spiro atoms. The van der Waals surface area contributed by atoms with E-state index < -0.39 is 0 Å². The van der Waals surface area contributed by atoms with Crippen molar-refractivity contribution in [2.45, 2.75) is 19.3 Å². The lowest BCUT2D eigenvalue weighted by molar-refractivity contribution is -0.0495. The third-order valence-electron chi connectivity index (χ3n) is 1.80. The minimum atomic E-state index is -0.164. The highest BCUT2D eigenvalue weighted by molar-refractivity contribution is 5.00. The van der Waals surface area contributed by atoms with Gasteiger partial charge in [0.25, 0.3) is 0 Å². The molecular formula is C7H11FNO2-. The highest BCUT2D eigenvalue weighted by Gasteiger charge is 2.12. The Labute approximate surface area is 64.7 Å². The first kappa shape index (κ1) is 8.64. The fraction of sp³-hybridized carbons (Fsp3) is 0.714. The Morgan fingerprint density at radius 3 is 3.09 bits per heavy atom.